The third-order valence-electron chi connectivity index (χ3n) is 1.30. The van der Waals surface area contributed by atoms with Gasteiger partial charge in [0, 0.05) is 0 Å². The van der Waals surface area contributed by atoms with Gasteiger partial charge in [-0.2, -0.15) is 0 Å². The first-order chi connectivity index (χ1) is 5.24. The molecule has 0 heterocycles. The van der Waals surface area contributed by atoms with Crippen LogP contribution in [0.1, 0.15) is 6.92 Å². The molecule has 0 spiro atoms. The predicted octanol–water partition coefficient (Wildman–Crippen LogP) is 2.35. The lowest BCUT2D eigenvalue weighted by Crippen LogP contribution is -1.80. The molecule has 1 nitrogen and oxygen atoms in total. The van der Waals surface area contributed by atoms with Crippen molar-refractivity contribution in [2.24, 2.45) is 0 Å². The summed E-state index contributed by atoms with van der Waals surface area (Å²) in [6.07, 6.45) is 6.02. The van der Waals surface area contributed by atoms with Crippen molar-refractivity contribution < 1.29 is 4.79 Å². The Kier molecular flexibility index (Phi) is 2.48. The van der Waals surface area contributed by atoms with Crippen molar-refractivity contribution >= 4 is 17.9 Å². The first-order valence-electron chi connectivity index (χ1n) is 3.21. The predicted molar refractivity (Wildman–Crippen MR) is 45.4 cm³/mol. The summed E-state index contributed by atoms with van der Waals surface area (Å²) in [5, 5.41) is 0.438. The van der Waals surface area contributed by atoms with Gasteiger partial charge in [0.2, 0.25) is 0 Å². The molecule has 0 bridgehead atoms. The molecule has 0 aromatic rings. The molecule has 0 aliphatic heterocycles. The van der Waals surface area contributed by atoms with Crippen molar-refractivity contribution in [3.63, 3.8) is 0 Å². The summed E-state index contributed by atoms with van der Waals surface area (Å²) in [6, 6.07) is 0. The summed E-state index contributed by atoms with van der Waals surface area (Å²) in [5.74, 6) is 0. The molecular formula is C9H7ClO. The molecule has 1 aliphatic rings. The third-order valence-corrected chi connectivity index (χ3v) is 1.63. The second kappa shape index (κ2) is 3.38. The quantitative estimate of drug-likeness (QED) is 0.432. The zero-order chi connectivity index (χ0) is 8.27. The largest absolute Gasteiger partial charge is 0.297 e. The van der Waals surface area contributed by atoms with Crippen LogP contribution in [0.4, 0.5) is 0 Å². The monoisotopic (exact) mass is 166 g/mol. The number of allylic oxidation sites excluding steroid dienone is 5. The average molecular weight is 167 g/mol. The maximum Gasteiger partial charge on any atom is 0.159 e. The average Bonchev–Trinajstić information content (AvgIpc) is 2.13. The minimum absolute atomic E-state index is 0.411. The number of rotatable bonds is 1. The molecule has 56 valence electrons. The molecule has 0 atom stereocenters. The molecule has 0 aromatic carbocycles. The minimum Gasteiger partial charge on any atom is -0.297 e. The van der Waals surface area contributed by atoms with E-state index in [1.54, 1.807) is 12.2 Å². The van der Waals surface area contributed by atoms with Crippen LogP contribution in [0.5, 0.6) is 0 Å². The molecule has 11 heavy (non-hydrogen) atoms. The number of carbonyl (C=O) groups is 1. The zero-order valence-electron chi connectivity index (χ0n) is 6.10. The fourth-order valence-corrected chi connectivity index (χ4v) is 0.931. The number of halogens is 1. The van der Waals surface area contributed by atoms with E-state index in [2.05, 4.69) is 5.73 Å². The van der Waals surface area contributed by atoms with Crippen LogP contribution in [0, 0.1) is 0 Å². The molecular weight excluding hydrogens is 160 g/mol. The second-order valence-corrected chi connectivity index (χ2v) is 2.62. The van der Waals surface area contributed by atoms with Crippen LogP contribution >= 0.6 is 11.6 Å². The summed E-state index contributed by atoms with van der Waals surface area (Å²) in [5.41, 5.74) is 4.17. The van der Waals surface area contributed by atoms with E-state index in [1.807, 2.05) is 13.0 Å². The Morgan fingerprint density at radius 1 is 1.64 bits per heavy atom. The third kappa shape index (κ3) is 1.94. The van der Waals surface area contributed by atoms with Crippen molar-refractivity contribution in [2.45, 2.75) is 6.92 Å². The Hall–Kier alpha value is -1.04. The summed E-state index contributed by atoms with van der Waals surface area (Å²) in [7, 11) is 0. The van der Waals surface area contributed by atoms with Gasteiger partial charge in [-0.1, -0.05) is 23.8 Å². The molecule has 0 unspecified atom stereocenters. The highest BCUT2D eigenvalue weighted by Gasteiger charge is 2.00. The van der Waals surface area contributed by atoms with Gasteiger partial charge >= 0.3 is 0 Å². The number of hydrogen-bond donors (Lipinski definition) is 0. The van der Waals surface area contributed by atoms with Gasteiger partial charge in [0.05, 0.1) is 10.6 Å². The van der Waals surface area contributed by atoms with Gasteiger partial charge in [-0.25, -0.2) is 0 Å². The van der Waals surface area contributed by atoms with E-state index in [0.29, 0.717) is 16.9 Å². The fourth-order valence-electron chi connectivity index (χ4n) is 0.766. The van der Waals surface area contributed by atoms with Gasteiger partial charge in [0.25, 0.3) is 0 Å². The van der Waals surface area contributed by atoms with E-state index < -0.39 is 0 Å². The Balaban J connectivity index is 3.23. The van der Waals surface area contributed by atoms with Crippen LogP contribution in [0.25, 0.3) is 0 Å². The Morgan fingerprint density at radius 3 is 3.00 bits per heavy atom. The van der Waals surface area contributed by atoms with E-state index in [4.69, 9.17) is 11.6 Å². The summed E-state index contributed by atoms with van der Waals surface area (Å²) in [4.78, 5) is 10.4. The smallest absolute Gasteiger partial charge is 0.159 e. The normalized spacial score (nSPS) is 16.4. The Morgan fingerprint density at radius 2 is 2.36 bits per heavy atom. The van der Waals surface area contributed by atoms with Gasteiger partial charge in [0.15, 0.2) is 6.29 Å². The van der Waals surface area contributed by atoms with Crippen molar-refractivity contribution in [1.29, 1.82) is 0 Å². The van der Waals surface area contributed by atoms with Crippen LogP contribution in [0.15, 0.2) is 40.1 Å². The van der Waals surface area contributed by atoms with Crippen molar-refractivity contribution in [1.82, 2.24) is 0 Å². The van der Waals surface area contributed by atoms with E-state index >= 15 is 0 Å². The highest BCUT2D eigenvalue weighted by atomic mass is 35.5. The van der Waals surface area contributed by atoms with Crippen LogP contribution < -0.4 is 0 Å². The van der Waals surface area contributed by atoms with Crippen LogP contribution in [-0.4, -0.2) is 6.29 Å². The van der Waals surface area contributed by atoms with Gasteiger partial charge in [0.1, 0.15) is 0 Å². The molecule has 0 amide bonds. The van der Waals surface area contributed by atoms with Gasteiger partial charge in [-0.15, -0.1) is 5.73 Å². The van der Waals surface area contributed by atoms with Crippen molar-refractivity contribution in [3.05, 3.63) is 40.1 Å². The lowest BCUT2D eigenvalue weighted by atomic mass is 10.2. The van der Waals surface area contributed by atoms with E-state index in [1.165, 1.54) is 0 Å². The Labute approximate surface area is 70.4 Å². The standard InChI is InChI=1S/C9H7ClO/c1-7-3-2-4-9(10)8(5-7)6-11/h2-4,6H,1H3. The van der Waals surface area contributed by atoms with Gasteiger partial charge in [-0.05, 0) is 18.6 Å². The molecule has 2 heteroatoms. The topological polar surface area (TPSA) is 17.1 Å². The summed E-state index contributed by atoms with van der Waals surface area (Å²) >= 11 is 5.72. The minimum atomic E-state index is 0.411. The number of carbonyl (C=O) groups excluding carboxylic acids is 1. The molecule has 0 aromatic heterocycles. The number of hydrogen-bond acceptors (Lipinski definition) is 1. The molecule has 0 saturated heterocycles. The van der Waals surface area contributed by atoms with Crippen molar-refractivity contribution in [2.75, 3.05) is 0 Å². The fraction of sp³-hybridized carbons (Fsp3) is 0.111. The first kappa shape index (κ1) is 8.06. The van der Waals surface area contributed by atoms with E-state index in [-0.39, 0.29) is 0 Å². The summed E-state index contributed by atoms with van der Waals surface area (Å²) < 4.78 is 0. The molecule has 1 aliphatic carbocycles. The molecule has 0 N–H and O–H groups in total. The van der Waals surface area contributed by atoms with E-state index in [0.717, 1.165) is 5.57 Å². The molecule has 0 radical (unpaired) electrons. The number of aldehydes is 1. The van der Waals surface area contributed by atoms with Gasteiger partial charge < -0.3 is 0 Å². The molecule has 0 fully saturated rings. The SMILES string of the molecule is CC1=C=C(C=O)C(Cl)=CC=C1. The maximum atomic E-state index is 10.4. The maximum absolute atomic E-state index is 10.4. The second-order valence-electron chi connectivity index (χ2n) is 2.21. The summed E-state index contributed by atoms with van der Waals surface area (Å²) in [6.45, 7) is 1.86. The highest BCUT2D eigenvalue weighted by molar-refractivity contribution is 6.34. The molecule has 0 saturated carbocycles. The lowest BCUT2D eigenvalue weighted by molar-refractivity contribution is -0.104. The highest BCUT2D eigenvalue weighted by Crippen LogP contribution is 2.15. The van der Waals surface area contributed by atoms with E-state index in [9.17, 15) is 4.79 Å². The van der Waals surface area contributed by atoms with Crippen molar-refractivity contribution in [3.8, 4) is 0 Å². The Bertz CT molecular complexity index is 302. The van der Waals surface area contributed by atoms with Crippen LogP contribution in [-0.2, 0) is 4.79 Å². The zero-order valence-corrected chi connectivity index (χ0v) is 6.85. The van der Waals surface area contributed by atoms with Gasteiger partial charge in [-0.3, -0.25) is 4.79 Å². The van der Waals surface area contributed by atoms with Crippen LogP contribution in [0.2, 0.25) is 0 Å². The van der Waals surface area contributed by atoms with Crippen LogP contribution in [0.3, 0.4) is 0 Å². The first-order valence-corrected chi connectivity index (χ1v) is 3.59. The molecule has 1 rings (SSSR count). The lowest BCUT2D eigenvalue weighted by Gasteiger charge is -1.88.